The molecule has 0 saturated carbocycles. The van der Waals surface area contributed by atoms with Gasteiger partial charge in [0.2, 0.25) is 11.7 Å². The molecule has 1 atom stereocenters. The van der Waals surface area contributed by atoms with E-state index in [0.717, 1.165) is 11.1 Å². The van der Waals surface area contributed by atoms with Gasteiger partial charge in [-0.25, -0.2) is 0 Å². The number of nitrogens with zero attached hydrogens (tertiary/aromatic N) is 3. The third-order valence-electron chi connectivity index (χ3n) is 4.39. The summed E-state index contributed by atoms with van der Waals surface area (Å²) in [5.41, 5.74) is 2.04. The van der Waals surface area contributed by atoms with Gasteiger partial charge in [-0.1, -0.05) is 53.2 Å². The molecule has 3 aromatic rings. The molecule has 0 N–H and O–H groups in total. The maximum absolute atomic E-state index is 12.9. The summed E-state index contributed by atoms with van der Waals surface area (Å²) >= 11 is 0. The van der Waals surface area contributed by atoms with E-state index in [1.54, 1.807) is 11.8 Å². The Morgan fingerprint density at radius 2 is 1.75 bits per heavy atom. The summed E-state index contributed by atoms with van der Waals surface area (Å²) in [5, 5.41) is 4.05. The van der Waals surface area contributed by atoms with Gasteiger partial charge in [0.25, 0.3) is 5.91 Å². The molecule has 146 valence electrons. The zero-order valence-electron chi connectivity index (χ0n) is 16.6. The van der Waals surface area contributed by atoms with E-state index >= 15 is 0 Å². The lowest BCUT2D eigenvalue weighted by Gasteiger charge is -2.28. The van der Waals surface area contributed by atoms with Crippen LogP contribution in [0.5, 0.6) is 5.75 Å². The number of benzene rings is 2. The lowest BCUT2D eigenvalue weighted by molar-refractivity contribution is -0.140. The normalized spacial score (nSPS) is 12.0. The molecule has 1 aromatic heterocycles. The first-order valence-corrected chi connectivity index (χ1v) is 9.36. The molecule has 0 aliphatic carbocycles. The van der Waals surface area contributed by atoms with Crippen molar-refractivity contribution in [1.29, 1.82) is 0 Å². The number of hydrogen-bond acceptors (Lipinski definition) is 5. The molecule has 0 saturated heterocycles. The quantitative estimate of drug-likeness (QED) is 0.614. The van der Waals surface area contributed by atoms with E-state index in [9.17, 15) is 4.79 Å². The van der Waals surface area contributed by atoms with E-state index in [0.29, 0.717) is 17.5 Å². The molecule has 0 radical (unpaired) electrons. The van der Waals surface area contributed by atoms with Crippen molar-refractivity contribution in [3.05, 3.63) is 66.1 Å². The van der Waals surface area contributed by atoms with Gasteiger partial charge >= 0.3 is 0 Å². The van der Waals surface area contributed by atoms with E-state index in [4.69, 9.17) is 9.26 Å². The highest BCUT2D eigenvalue weighted by atomic mass is 16.5. The van der Waals surface area contributed by atoms with Crippen LogP contribution in [0.1, 0.15) is 32.2 Å². The van der Waals surface area contributed by atoms with Crippen LogP contribution in [0.25, 0.3) is 11.4 Å². The van der Waals surface area contributed by atoms with E-state index in [-0.39, 0.29) is 18.5 Å². The Morgan fingerprint density at radius 3 is 2.39 bits per heavy atom. The average Bonchev–Trinajstić information content (AvgIpc) is 3.15. The molecule has 2 aromatic carbocycles. The zero-order chi connectivity index (χ0) is 20.1. The third-order valence-corrected chi connectivity index (χ3v) is 4.39. The summed E-state index contributed by atoms with van der Waals surface area (Å²) in [6.45, 7) is 7.90. The van der Waals surface area contributed by atoms with Crippen molar-refractivity contribution >= 4 is 5.91 Å². The molecule has 6 nitrogen and oxygen atoms in total. The Balaban J connectivity index is 1.70. The molecule has 6 heteroatoms. The summed E-state index contributed by atoms with van der Waals surface area (Å²) in [6.07, 6.45) is -0.621. The Labute approximate surface area is 165 Å². The van der Waals surface area contributed by atoms with E-state index < -0.39 is 6.10 Å². The number of para-hydroxylation sites is 1. The smallest absolute Gasteiger partial charge is 0.264 e. The van der Waals surface area contributed by atoms with Gasteiger partial charge in [0, 0.05) is 11.6 Å². The van der Waals surface area contributed by atoms with Crippen LogP contribution in [0.2, 0.25) is 0 Å². The highest BCUT2D eigenvalue weighted by Gasteiger charge is 2.26. The van der Waals surface area contributed by atoms with Crippen molar-refractivity contribution in [2.75, 3.05) is 0 Å². The third kappa shape index (κ3) is 4.76. The summed E-state index contributed by atoms with van der Waals surface area (Å²) in [6, 6.07) is 17.2. The molecule has 1 heterocycles. The van der Waals surface area contributed by atoms with Crippen LogP contribution in [0.4, 0.5) is 0 Å². The van der Waals surface area contributed by atoms with Gasteiger partial charge in [0.05, 0.1) is 0 Å². The van der Waals surface area contributed by atoms with Crippen molar-refractivity contribution in [1.82, 2.24) is 15.0 Å². The zero-order valence-corrected chi connectivity index (χ0v) is 16.6. The van der Waals surface area contributed by atoms with E-state index in [1.807, 2.05) is 75.4 Å². The summed E-state index contributed by atoms with van der Waals surface area (Å²) in [4.78, 5) is 19.0. The van der Waals surface area contributed by atoms with Crippen molar-refractivity contribution in [2.24, 2.45) is 0 Å². The predicted octanol–water partition coefficient (Wildman–Crippen LogP) is 4.25. The van der Waals surface area contributed by atoms with Gasteiger partial charge in [0.15, 0.2) is 6.10 Å². The number of rotatable bonds is 7. The van der Waals surface area contributed by atoms with Gasteiger partial charge in [0.1, 0.15) is 12.3 Å². The van der Waals surface area contributed by atoms with Crippen LogP contribution in [0.3, 0.4) is 0 Å². The second-order valence-corrected chi connectivity index (χ2v) is 7.01. The first-order valence-electron chi connectivity index (χ1n) is 9.36. The Morgan fingerprint density at radius 1 is 1.07 bits per heavy atom. The standard InChI is InChI=1S/C22H25N3O3/c1-15(2)25(22(26)17(4)27-19-8-6-5-7-9-19)14-20-23-21(24-28-20)18-12-10-16(3)11-13-18/h5-13,15,17H,14H2,1-4H3/t17-/m1/s1. The monoisotopic (exact) mass is 379 g/mol. The first kappa shape index (κ1) is 19.6. The molecule has 28 heavy (non-hydrogen) atoms. The second-order valence-electron chi connectivity index (χ2n) is 7.01. The number of hydrogen-bond donors (Lipinski definition) is 0. The van der Waals surface area contributed by atoms with Crippen molar-refractivity contribution in [3.63, 3.8) is 0 Å². The maximum atomic E-state index is 12.9. The minimum atomic E-state index is -0.621. The Kier molecular flexibility index (Phi) is 6.09. The average molecular weight is 379 g/mol. The number of carbonyl (C=O) groups excluding carboxylic acids is 1. The van der Waals surface area contributed by atoms with Crippen LogP contribution < -0.4 is 4.74 Å². The molecule has 0 unspecified atom stereocenters. The van der Waals surface area contributed by atoms with Crippen molar-refractivity contribution in [3.8, 4) is 17.1 Å². The molecule has 1 amide bonds. The van der Waals surface area contributed by atoms with Crippen LogP contribution in [-0.4, -0.2) is 33.1 Å². The molecular formula is C22H25N3O3. The van der Waals surface area contributed by atoms with Crippen molar-refractivity contribution in [2.45, 2.75) is 46.4 Å². The fourth-order valence-electron chi connectivity index (χ4n) is 2.79. The number of aromatic nitrogens is 2. The van der Waals surface area contributed by atoms with E-state index in [1.165, 1.54) is 0 Å². The summed E-state index contributed by atoms with van der Waals surface area (Å²) in [5.74, 6) is 1.43. The topological polar surface area (TPSA) is 68.5 Å². The minimum Gasteiger partial charge on any atom is -0.481 e. The highest BCUT2D eigenvalue weighted by molar-refractivity contribution is 5.81. The first-order chi connectivity index (χ1) is 13.4. The van der Waals surface area contributed by atoms with Crippen LogP contribution in [0.15, 0.2) is 59.1 Å². The fourth-order valence-corrected chi connectivity index (χ4v) is 2.79. The fraction of sp³-hybridized carbons (Fsp3) is 0.318. The molecule has 0 bridgehead atoms. The highest BCUT2D eigenvalue weighted by Crippen LogP contribution is 2.19. The molecule has 3 rings (SSSR count). The Bertz CT molecular complexity index is 904. The lowest BCUT2D eigenvalue weighted by atomic mass is 10.1. The number of carbonyl (C=O) groups is 1. The van der Waals surface area contributed by atoms with Gasteiger partial charge < -0.3 is 14.2 Å². The number of amides is 1. The molecule has 0 fully saturated rings. The van der Waals surface area contributed by atoms with Crippen LogP contribution >= 0.6 is 0 Å². The largest absolute Gasteiger partial charge is 0.481 e. The summed E-state index contributed by atoms with van der Waals surface area (Å²) in [7, 11) is 0. The lowest BCUT2D eigenvalue weighted by Crippen LogP contribution is -2.43. The van der Waals surface area contributed by atoms with E-state index in [2.05, 4.69) is 10.1 Å². The number of ether oxygens (including phenoxy) is 1. The molecule has 0 aliphatic rings. The number of aryl methyl sites for hydroxylation is 1. The van der Waals surface area contributed by atoms with Gasteiger partial charge in [-0.3, -0.25) is 4.79 Å². The second kappa shape index (κ2) is 8.69. The molecular weight excluding hydrogens is 354 g/mol. The minimum absolute atomic E-state index is 0.0379. The Hall–Kier alpha value is -3.15. The maximum Gasteiger partial charge on any atom is 0.264 e. The summed E-state index contributed by atoms with van der Waals surface area (Å²) < 4.78 is 11.2. The molecule has 0 spiro atoms. The predicted molar refractivity (Wildman–Crippen MR) is 107 cm³/mol. The SMILES string of the molecule is Cc1ccc(-c2noc(CN(C(=O)[C@@H](C)Oc3ccccc3)C(C)C)n2)cc1. The van der Waals surface area contributed by atoms with Crippen LogP contribution in [0, 0.1) is 6.92 Å². The molecule has 0 aliphatic heterocycles. The van der Waals surface area contributed by atoms with Gasteiger partial charge in [-0.05, 0) is 39.8 Å². The van der Waals surface area contributed by atoms with Crippen LogP contribution in [-0.2, 0) is 11.3 Å². The van der Waals surface area contributed by atoms with Crippen molar-refractivity contribution < 1.29 is 14.1 Å². The van der Waals surface area contributed by atoms with Gasteiger partial charge in [-0.15, -0.1) is 0 Å². The van der Waals surface area contributed by atoms with Gasteiger partial charge in [-0.2, -0.15) is 4.98 Å².